The van der Waals surface area contributed by atoms with E-state index in [1.54, 1.807) is 0 Å². The Labute approximate surface area is 115 Å². The van der Waals surface area contributed by atoms with Crippen LogP contribution in [0, 0.1) is 0 Å². The van der Waals surface area contributed by atoms with Crippen LogP contribution in [-0.2, 0) is 0 Å². The van der Waals surface area contributed by atoms with Crippen LogP contribution in [0.2, 0.25) is 0 Å². The number of rotatable bonds is 2. The van der Waals surface area contributed by atoms with Gasteiger partial charge < -0.3 is 10.2 Å². The Morgan fingerprint density at radius 3 is 2.68 bits per heavy atom. The molecule has 2 atom stereocenters. The Morgan fingerprint density at radius 2 is 1.89 bits per heavy atom. The van der Waals surface area contributed by atoms with Crippen molar-refractivity contribution in [1.29, 1.82) is 0 Å². The molecule has 2 heteroatoms. The Balaban J connectivity index is 1.74. The van der Waals surface area contributed by atoms with Gasteiger partial charge in [-0.15, -0.1) is 0 Å². The first-order valence-electron chi connectivity index (χ1n) is 7.18. The van der Waals surface area contributed by atoms with Crippen molar-refractivity contribution in [2.75, 3.05) is 18.9 Å². The fourth-order valence-corrected chi connectivity index (χ4v) is 2.94. The molecule has 1 aliphatic heterocycles. The third-order valence-electron chi connectivity index (χ3n) is 4.33. The lowest BCUT2D eigenvalue weighted by Gasteiger charge is -2.35. The summed E-state index contributed by atoms with van der Waals surface area (Å²) in [4.78, 5) is 2.44. The molecular weight excluding hydrogens is 232 g/mol. The molecule has 3 rings (SSSR count). The Bertz CT molecular complexity index is 564. The SMILES string of the molecule is CC1CC(Nc2ccc3ccccc3c2)CCN1C. The standard InChI is InChI=1S/C17H22N2/c1-13-11-17(9-10-19(13)2)18-16-8-7-14-5-3-4-6-15(14)12-16/h3-8,12-13,17-18H,9-11H2,1-2H3. The van der Waals surface area contributed by atoms with Crippen LogP contribution >= 0.6 is 0 Å². The van der Waals surface area contributed by atoms with E-state index < -0.39 is 0 Å². The number of piperidine rings is 1. The molecule has 0 bridgehead atoms. The van der Waals surface area contributed by atoms with Crippen molar-refractivity contribution in [1.82, 2.24) is 4.90 Å². The van der Waals surface area contributed by atoms with Gasteiger partial charge in [0.25, 0.3) is 0 Å². The van der Waals surface area contributed by atoms with Crippen molar-refractivity contribution >= 4 is 16.5 Å². The Morgan fingerprint density at radius 1 is 1.11 bits per heavy atom. The van der Waals surface area contributed by atoms with Gasteiger partial charge in [-0.3, -0.25) is 0 Å². The van der Waals surface area contributed by atoms with Crippen molar-refractivity contribution in [3.8, 4) is 0 Å². The van der Waals surface area contributed by atoms with Crippen LogP contribution in [0.25, 0.3) is 10.8 Å². The number of benzene rings is 2. The van der Waals surface area contributed by atoms with Crippen molar-refractivity contribution in [2.24, 2.45) is 0 Å². The molecule has 0 radical (unpaired) electrons. The molecule has 1 fully saturated rings. The summed E-state index contributed by atoms with van der Waals surface area (Å²) >= 11 is 0. The first-order chi connectivity index (χ1) is 9.22. The van der Waals surface area contributed by atoms with Gasteiger partial charge >= 0.3 is 0 Å². The van der Waals surface area contributed by atoms with Gasteiger partial charge in [-0.1, -0.05) is 30.3 Å². The van der Waals surface area contributed by atoms with E-state index in [9.17, 15) is 0 Å². The molecule has 100 valence electrons. The number of hydrogen-bond donors (Lipinski definition) is 1. The van der Waals surface area contributed by atoms with E-state index in [1.807, 2.05) is 0 Å². The number of likely N-dealkylation sites (tertiary alicyclic amines) is 1. The summed E-state index contributed by atoms with van der Waals surface area (Å²) in [5.41, 5.74) is 1.25. The molecule has 0 saturated carbocycles. The minimum Gasteiger partial charge on any atom is -0.382 e. The van der Waals surface area contributed by atoms with E-state index in [1.165, 1.54) is 35.8 Å². The van der Waals surface area contributed by atoms with Crippen LogP contribution in [0.4, 0.5) is 5.69 Å². The maximum Gasteiger partial charge on any atom is 0.0348 e. The van der Waals surface area contributed by atoms with Gasteiger partial charge in [-0.25, -0.2) is 0 Å². The van der Waals surface area contributed by atoms with Crippen molar-refractivity contribution in [3.05, 3.63) is 42.5 Å². The Hall–Kier alpha value is -1.54. The lowest BCUT2D eigenvalue weighted by molar-refractivity contribution is 0.190. The van der Waals surface area contributed by atoms with E-state index >= 15 is 0 Å². The van der Waals surface area contributed by atoms with E-state index in [2.05, 4.69) is 66.7 Å². The monoisotopic (exact) mass is 254 g/mol. The average molecular weight is 254 g/mol. The van der Waals surface area contributed by atoms with Gasteiger partial charge in [0.1, 0.15) is 0 Å². The first kappa shape index (κ1) is 12.5. The Kier molecular flexibility index (Phi) is 3.43. The summed E-state index contributed by atoms with van der Waals surface area (Å²) < 4.78 is 0. The second-order valence-electron chi connectivity index (χ2n) is 5.76. The summed E-state index contributed by atoms with van der Waals surface area (Å²) in [6, 6.07) is 16.5. The second kappa shape index (κ2) is 5.22. The minimum atomic E-state index is 0.604. The molecule has 0 aromatic heterocycles. The smallest absolute Gasteiger partial charge is 0.0348 e. The number of fused-ring (bicyclic) bond motifs is 1. The van der Waals surface area contributed by atoms with Crippen LogP contribution in [0.3, 0.4) is 0 Å². The lowest BCUT2D eigenvalue weighted by atomic mass is 9.98. The summed E-state index contributed by atoms with van der Waals surface area (Å²) in [6.07, 6.45) is 2.46. The van der Waals surface area contributed by atoms with Gasteiger partial charge in [0.2, 0.25) is 0 Å². The highest BCUT2D eigenvalue weighted by molar-refractivity contribution is 5.85. The summed E-state index contributed by atoms with van der Waals surface area (Å²) in [5.74, 6) is 0. The molecule has 1 N–H and O–H groups in total. The minimum absolute atomic E-state index is 0.604. The molecule has 1 aliphatic rings. The van der Waals surface area contributed by atoms with E-state index in [0.717, 1.165) is 0 Å². The number of nitrogens with zero attached hydrogens (tertiary/aromatic N) is 1. The van der Waals surface area contributed by atoms with Crippen LogP contribution in [0.15, 0.2) is 42.5 Å². The zero-order valence-corrected chi connectivity index (χ0v) is 11.8. The molecule has 2 nitrogen and oxygen atoms in total. The zero-order chi connectivity index (χ0) is 13.2. The summed E-state index contributed by atoms with van der Waals surface area (Å²) in [5, 5.41) is 6.32. The van der Waals surface area contributed by atoms with Crippen molar-refractivity contribution < 1.29 is 0 Å². The van der Waals surface area contributed by atoms with Crippen molar-refractivity contribution in [2.45, 2.75) is 31.8 Å². The maximum atomic E-state index is 3.70. The molecule has 2 aromatic rings. The number of anilines is 1. The quantitative estimate of drug-likeness (QED) is 0.878. The van der Waals surface area contributed by atoms with Gasteiger partial charge in [0.05, 0.1) is 0 Å². The summed E-state index contributed by atoms with van der Waals surface area (Å²) in [6.45, 7) is 3.50. The maximum absolute atomic E-state index is 3.70. The number of hydrogen-bond acceptors (Lipinski definition) is 2. The molecule has 2 unspecified atom stereocenters. The molecule has 0 amide bonds. The number of nitrogens with one attached hydrogen (secondary N) is 1. The molecule has 0 spiro atoms. The highest BCUT2D eigenvalue weighted by Gasteiger charge is 2.22. The van der Waals surface area contributed by atoms with E-state index in [-0.39, 0.29) is 0 Å². The van der Waals surface area contributed by atoms with Crippen LogP contribution in [0.1, 0.15) is 19.8 Å². The average Bonchev–Trinajstić information content (AvgIpc) is 2.43. The highest BCUT2D eigenvalue weighted by atomic mass is 15.1. The lowest BCUT2D eigenvalue weighted by Crippen LogP contribution is -2.42. The van der Waals surface area contributed by atoms with Gasteiger partial charge in [0, 0.05) is 24.3 Å². The van der Waals surface area contributed by atoms with Gasteiger partial charge in [0.15, 0.2) is 0 Å². The predicted molar refractivity (Wildman–Crippen MR) is 82.7 cm³/mol. The topological polar surface area (TPSA) is 15.3 Å². The highest BCUT2D eigenvalue weighted by Crippen LogP contribution is 2.23. The molecule has 0 aliphatic carbocycles. The third-order valence-corrected chi connectivity index (χ3v) is 4.33. The van der Waals surface area contributed by atoms with Gasteiger partial charge in [-0.05, 0) is 49.7 Å². The molecule has 1 saturated heterocycles. The first-order valence-corrected chi connectivity index (χ1v) is 7.18. The van der Waals surface area contributed by atoms with Crippen LogP contribution in [-0.4, -0.2) is 30.6 Å². The summed E-state index contributed by atoms with van der Waals surface area (Å²) in [7, 11) is 2.22. The predicted octanol–water partition coefficient (Wildman–Crippen LogP) is 3.73. The fourth-order valence-electron chi connectivity index (χ4n) is 2.94. The molecule has 2 aromatic carbocycles. The van der Waals surface area contributed by atoms with E-state index in [0.29, 0.717) is 12.1 Å². The largest absolute Gasteiger partial charge is 0.382 e. The van der Waals surface area contributed by atoms with Crippen LogP contribution < -0.4 is 5.32 Å². The van der Waals surface area contributed by atoms with Gasteiger partial charge in [-0.2, -0.15) is 0 Å². The van der Waals surface area contributed by atoms with E-state index in [4.69, 9.17) is 0 Å². The van der Waals surface area contributed by atoms with Crippen LogP contribution in [0.5, 0.6) is 0 Å². The fraction of sp³-hybridized carbons (Fsp3) is 0.412. The zero-order valence-electron chi connectivity index (χ0n) is 11.8. The third kappa shape index (κ3) is 2.74. The molecular formula is C17H22N2. The van der Waals surface area contributed by atoms with Crippen molar-refractivity contribution in [3.63, 3.8) is 0 Å². The second-order valence-corrected chi connectivity index (χ2v) is 5.76. The molecule has 19 heavy (non-hydrogen) atoms. The molecule has 1 heterocycles. The normalized spacial score (nSPS) is 24.5.